The van der Waals surface area contributed by atoms with Crippen LogP contribution in [0.15, 0.2) is 28.7 Å². The minimum Gasteiger partial charge on any atom is -0.423 e. The van der Waals surface area contributed by atoms with Crippen molar-refractivity contribution in [2.24, 2.45) is 0 Å². The first kappa shape index (κ1) is 11.0. The van der Waals surface area contributed by atoms with Crippen LogP contribution in [0, 0.1) is 0 Å². The highest BCUT2D eigenvalue weighted by molar-refractivity contribution is 5.74. The Hall–Kier alpha value is -1.55. The molecule has 0 bridgehead atoms. The molecule has 0 aliphatic carbocycles. The summed E-state index contributed by atoms with van der Waals surface area (Å²) in [4.78, 5) is 8.60. The second-order valence-electron chi connectivity index (χ2n) is 4.19. The Balaban J connectivity index is 2.13. The zero-order valence-corrected chi connectivity index (χ0v) is 9.97. The predicted octanol–water partition coefficient (Wildman–Crippen LogP) is 1.83. The predicted molar refractivity (Wildman–Crippen MR) is 65.8 cm³/mol. The van der Waals surface area contributed by atoms with Crippen LogP contribution in [-0.2, 0) is 0 Å². The molecule has 0 saturated carbocycles. The molecule has 0 fully saturated rings. The molecule has 0 amide bonds. The Morgan fingerprint density at radius 2 is 1.88 bits per heavy atom. The number of likely N-dealkylation sites (N-methyl/N-ethyl adjacent to an activating group) is 2. The minimum atomic E-state index is 0.683. The quantitative estimate of drug-likeness (QED) is 0.785. The Kier molecular flexibility index (Phi) is 3.10. The molecule has 0 atom stereocenters. The number of hydrogen-bond donors (Lipinski definition) is 0. The lowest BCUT2D eigenvalue weighted by molar-refractivity contribution is 0.411. The van der Waals surface area contributed by atoms with Gasteiger partial charge in [-0.15, -0.1) is 0 Å². The van der Waals surface area contributed by atoms with E-state index in [1.807, 2.05) is 36.2 Å². The van der Waals surface area contributed by atoms with Crippen molar-refractivity contribution >= 4 is 17.1 Å². The summed E-state index contributed by atoms with van der Waals surface area (Å²) in [6.07, 6.45) is 0. The molecule has 0 N–H and O–H groups in total. The first-order valence-electron chi connectivity index (χ1n) is 5.38. The van der Waals surface area contributed by atoms with Gasteiger partial charge in [-0.3, -0.25) is 0 Å². The lowest BCUT2D eigenvalue weighted by atomic mass is 10.3. The number of rotatable bonds is 4. The number of benzene rings is 1. The first-order valence-corrected chi connectivity index (χ1v) is 5.38. The Bertz CT molecular complexity index is 431. The molecule has 2 aromatic rings. The molecule has 1 heterocycles. The van der Waals surface area contributed by atoms with Gasteiger partial charge in [-0.1, -0.05) is 12.1 Å². The third-order valence-corrected chi connectivity index (χ3v) is 2.49. The van der Waals surface area contributed by atoms with Gasteiger partial charge >= 0.3 is 0 Å². The summed E-state index contributed by atoms with van der Waals surface area (Å²) >= 11 is 0. The van der Waals surface area contributed by atoms with Crippen LogP contribution in [0.2, 0.25) is 0 Å². The zero-order chi connectivity index (χ0) is 11.5. The highest BCUT2D eigenvalue weighted by Crippen LogP contribution is 2.20. The van der Waals surface area contributed by atoms with E-state index in [2.05, 4.69) is 24.0 Å². The first-order chi connectivity index (χ1) is 7.66. The van der Waals surface area contributed by atoms with E-state index in [1.165, 1.54) is 0 Å². The van der Waals surface area contributed by atoms with Crippen LogP contribution in [0.1, 0.15) is 0 Å². The van der Waals surface area contributed by atoms with Gasteiger partial charge in [0.2, 0.25) is 0 Å². The molecule has 86 valence electrons. The van der Waals surface area contributed by atoms with Crippen LogP contribution in [0.4, 0.5) is 6.01 Å². The van der Waals surface area contributed by atoms with Crippen molar-refractivity contribution in [3.63, 3.8) is 0 Å². The van der Waals surface area contributed by atoms with E-state index in [0.717, 1.165) is 24.2 Å². The monoisotopic (exact) mass is 219 g/mol. The number of anilines is 1. The Morgan fingerprint density at radius 3 is 2.56 bits per heavy atom. The number of oxazole rings is 1. The van der Waals surface area contributed by atoms with Crippen LogP contribution in [0.5, 0.6) is 0 Å². The number of aromatic nitrogens is 1. The summed E-state index contributed by atoms with van der Waals surface area (Å²) in [6.45, 7) is 1.88. The van der Waals surface area contributed by atoms with Crippen LogP contribution >= 0.6 is 0 Å². The molecule has 2 rings (SSSR count). The summed E-state index contributed by atoms with van der Waals surface area (Å²) < 4.78 is 5.66. The number of para-hydroxylation sites is 2. The zero-order valence-electron chi connectivity index (χ0n) is 9.97. The molecule has 1 aromatic carbocycles. The third kappa shape index (κ3) is 2.33. The van der Waals surface area contributed by atoms with E-state index in [0.29, 0.717) is 6.01 Å². The van der Waals surface area contributed by atoms with Crippen molar-refractivity contribution in [2.75, 3.05) is 39.1 Å². The SMILES string of the molecule is CN(C)CCN(C)c1nc2ccccc2o1. The second-order valence-corrected chi connectivity index (χ2v) is 4.19. The van der Waals surface area contributed by atoms with Gasteiger partial charge in [-0.05, 0) is 26.2 Å². The number of nitrogens with zero attached hydrogens (tertiary/aromatic N) is 3. The molecule has 1 aromatic heterocycles. The van der Waals surface area contributed by atoms with E-state index in [4.69, 9.17) is 4.42 Å². The molecule has 4 heteroatoms. The fourth-order valence-electron chi connectivity index (χ4n) is 1.47. The molecule has 4 nitrogen and oxygen atoms in total. The third-order valence-electron chi connectivity index (χ3n) is 2.49. The van der Waals surface area contributed by atoms with Gasteiger partial charge < -0.3 is 14.2 Å². The fraction of sp³-hybridized carbons (Fsp3) is 0.417. The van der Waals surface area contributed by atoms with Gasteiger partial charge in [0.1, 0.15) is 5.52 Å². The molecule has 0 unspecified atom stereocenters. The molecule has 0 aliphatic heterocycles. The normalized spacial score (nSPS) is 11.2. The molecule has 0 saturated heterocycles. The maximum absolute atomic E-state index is 5.66. The highest BCUT2D eigenvalue weighted by Gasteiger charge is 2.09. The van der Waals surface area contributed by atoms with Crippen molar-refractivity contribution in [3.05, 3.63) is 24.3 Å². The lowest BCUT2D eigenvalue weighted by Crippen LogP contribution is -2.28. The summed E-state index contributed by atoms with van der Waals surface area (Å²) in [5.74, 6) is 0. The van der Waals surface area contributed by atoms with Crippen molar-refractivity contribution in [1.29, 1.82) is 0 Å². The highest BCUT2D eigenvalue weighted by atomic mass is 16.4. The molecular formula is C12H17N3O. The van der Waals surface area contributed by atoms with Gasteiger partial charge in [-0.2, -0.15) is 4.98 Å². The standard InChI is InChI=1S/C12H17N3O/c1-14(2)8-9-15(3)12-13-10-6-4-5-7-11(10)16-12/h4-7H,8-9H2,1-3H3. The van der Waals surface area contributed by atoms with Crippen molar-refractivity contribution < 1.29 is 4.42 Å². The summed E-state index contributed by atoms with van der Waals surface area (Å²) in [5, 5.41) is 0. The van der Waals surface area contributed by atoms with Gasteiger partial charge in [0.25, 0.3) is 6.01 Å². The van der Waals surface area contributed by atoms with Gasteiger partial charge in [0.15, 0.2) is 5.58 Å². The molecular weight excluding hydrogens is 202 g/mol. The van der Waals surface area contributed by atoms with Crippen LogP contribution < -0.4 is 4.90 Å². The fourth-order valence-corrected chi connectivity index (χ4v) is 1.47. The van der Waals surface area contributed by atoms with Crippen molar-refractivity contribution in [3.8, 4) is 0 Å². The molecule has 0 spiro atoms. The average Bonchev–Trinajstić information content (AvgIpc) is 2.69. The van der Waals surface area contributed by atoms with E-state index < -0.39 is 0 Å². The largest absolute Gasteiger partial charge is 0.423 e. The van der Waals surface area contributed by atoms with E-state index in [1.54, 1.807) is 0 Å². The number of fused-ring (bicyclic) bond motifs is 1. The van der Waals surface area contributed by atoms with Crippen molar-refractivity contribution in [1.82, 2.24) is 9.88 Å². The second kappa shape index (κ2) is 4.53. The molecule has 0 aliphatic rings. The van der Waals surface area contributed by atoms with Crippen LogP contribution in [0.25, 0.3) is 11.1 Å². The smallest absolute Gasteiger partial charge is 0.298 e. The summed E-state index contributed by atoms with van der Waals surface area (Å²) in [7, 11) is 6.11. The maximum Gasteiger partial charge on any atom is 0.298 e. The van der Waals surface area contributed by atoms with Gasteiger partial charge in [0, 0.05) is 20.1 Å². The lowest BCUT2D eigenvalue weighted by Gasteiger charge is -2.17. The van der Waals surface area contributed by atoms with E-state index in [-0.39, 0.29) is 0 Å². The summed E-state index contributed by atoms with van der Waals surface area (Å²) in [6, 6.07) is 8.50. The summed E-state index contributed by atoms with van der Waals surface area (Å²) in [5.41, 5.74) is 1.75. The average molecular weight is 219 g/mol. The number of hydrogen-bond acceptors (Lipinski definition) is 4. The Morgan fingerprint density at radius 1 is 1.12 bits per heavy atom. The Labute approximate surface area is 95.5 Å². The van der Waals surface area contributed by atoms with Crippen LogP contribution in [-0.4, -0.2) is 44.1 Å². The van der Waals surface area contributed by atoms with E-state index >= 15 is 0 Å². The minimum absolute atomic E-state index is 0.683. The van der Waals surface area contributed by atoms with Crippen LogP contribution in [0.3, 0.4) is 0 Å². The van der Waals surface area contributed by atoms with E-state index in [9.17, 15) is 0 Å². The van der Waals surface area contributed by atoms with Gasteiger partial charge in [0.05, 0.1) is 0 Å². The maximum atomic E-state index is 5.66. The molecule has 0 radical (unpaired) electrons. The van der Waals surface area contributed by atoms with Crippen molar-refractivity contribution in [2.45, 2.75) is 0 Å². The van der Waals surface area contributed by atoms with Gasteiger partial charge in [-0.25, -0.2) is 0 Å². The molecule has 16 heavy (non-hydrogen) atoms. The topological polar surface area (TPSA) is 32.5 Å².